The van der Waals surface area contributed by atoms with Crippen LogP contribution >= 0.6 is 0 Å². The Morgan fingerprint density at radius 2 is 1.79 bits per heavy atom. The lowest BCUT2D eigenvalue weighted by Crippen LogP contribution is -2.42. The lowest BCUT2D eigenvalue weighted by Gasteiger charge is -2.38. The molecule has 3 N–H and O–H groups in total. The molecule has 6 heteroatoms. The van der Waals surface area contributed by atoms with Gasteiger partial charge in [0.05, 0.1) is 11.1 Å². The first kappa shape index (κ1) is 22.1. The van der Waals surface area contributed by atoms with Crippen LogP contribution in [-0.2, 0) is 10.2 Å². The third-order valence-electron chi connectivity index (χ3n) is 7.08. The summed E-state index contributed by atoms with van der Waals surface area (Å²) >= 11 is 0. The Hall–Kier alpha value is -3.67. The van der Waals surface area contributed by atoms with Gasteiger partial charge in [0.2, 0.25) is 5.95 Å². The van der Waals surface area contributed by atoms with E-state index in [4.69, 9.17) is 9.97 Å². The first-order chi connectivity index (χ1) is 16.5. The van der Waals surface area contributed by atoms with E-state index < -0.39 is 11.4 Å². The Morgan fingerprint density at radius 1 is 1.03 bits per heavy atom. The minimum absolute atomic E-state index is 0.321. The van der Waals surface area contributed by atoms with Gasteiger partial charge in [-0.05, 0) is 56.2 Å². The molecule has 2 aliphatic carbocycles. The van der Waals surface area contributed by atoms with E-state index in [-0.39, 0.29) is 0 Å². The largest absolute Gasteiger partial charge is 0.481 e. The molecule has 5 rings (SSSR count). The summed E-state index contributed by atoms with van der Waals surface area (Å²) in [5.41, 5.74) is 4.09. The van der Waals surface area contributed by atoms with Crippen LogP contribution in [0.15, 0.2) is 72.8 Å². The molecule has 174 valence electrons. The fourth-order valence-electron chi connectivity index (χ4n) is 4.98. The first-order valence-corrected chi connectivity index (χ1v) is 12.0. The molecule has 3 aromatic rings. The van der Waals surface area contributed by atoms with Crippen molar-refractivity contribution in [2.45, 2.75) is 56.4 Å². The molecule has 2 saturated carbocycles. The van der Waals surface area contributed by atoms with E-state index in [0.717, 1.165) is 60.4 Å². The van der Waals surface area contributed by atoms with Gasteiger partial charge in [-0.1, -0.05) is 61.0 Å². The molecule has 2 fully saturated rings. The average Bonchev–Trinajstić information content (AvgIpc) is 2.80. The molecular weight excluding hydrogens is 424 g/mol. The van der Waals surface area contributed by atoms with Gasteiger partial charge in [0.1, 0.15) is 5.82 Å². The van der Waals surface area contributed by atoms with E-state index >= 15 is 0 Å². The number of nitrogens with one attached hydrogen (secondary N) is 2. The van der Waals surface area contributed by atoms with Crippen LogP contribution in [0.25, 0.3) is 11.3 Å². The van der Waals surface area contributed by atoms with E-state index in [9.17, 15) is 9.90 Å². The summed E-state index contributed by atoms with van der Waals surface area (Å²) in [5.74, 6) is 0.550. The lowest BCUT2D eigenvalue weighted by molar-refractivity contribution is -0.147. The molecule has 2 aromatic carbocycles. The number of carbonyl (C=O) groups is 1. The fourth-order valence-corrected chi connectivity index (χ4v) is 4.98. The molecule has 0 aliphatic heterocycles. The number of nitrogens with zero attached hydrogens (tertiary/aromatic N) is 2. The van der Waals surface area contributed by atoms with Gasteiger partial charge in [-0.2, -0.15) is 4.98 Å². The van der Waals surface area contributed by atoms with Crippen molar-refractivity contribution in [1.82, 2.24) is 9.97 Å². The van der Waals surface area contributed by atoms with Crippen molar-refractivity contribution in [2.24, 2.45) is 0 Å². The number of anilines is 3. The van der Waals surface area contributed by atoms with Crippen molar-refractivity contribution in [1.29, 1.82) is 0 Å². The van der Waals surface area contributed by atoms with Crippen molar-refractivity contribution in [2.75, 3.05) is 10.6 Å². The highest BCUT2D eigenvalue weighted by Crippen LogP contribution is 2.44. The van der Waals surface area contributed by atoms with Crippen molar-refractivity contribution in [3.05, 3.63) is 78.4 Å². The van der Waals surface area contributed by atoms with Crippen molar-refractivity contribution in [3.8, 4) is 11.3 Å². The van der Waals surface area contributed by atoms with Crippen LogP contribution in [0.1, 0.15) is 50.5 Å². The molecule has 34 heavy (non-hydrogen) atoms. The van der Waals surface area contributed by atoms with Gasteiger partial charge in [0.15, 0.2) is 0 Å². The highest BCUT2D eigenvalue weighted by Gasteiger charge is 2.45. The number of hydrogen-bond donors (Lipinski definition) is 3. The summed E-state index contributed by atoms with van der Waals surface area (Å²) < 4.78 is 0. The Bertz CT molecular complexity index is 1190. The molecule has 1 aromatic heterocycles. The molecule has 1 unspecified atom stereocenters. The van der Waals surface area contributed by atoms with Crippen molar-refractivity contribution in [3.63, 3.8) is 0 Å². The molecule has 1 heterocycles. The number of carboxylic acid groups (broad SMARTS) is 1. The number of aliphatic carboxylic acids is 1. The van der Waals surface area contributed by atoms with Crippen molar-refractivity contribution >= 4 is 23.4 Å². The minimum Gasteiger partial charge on any atom is -0.481 e. The average molecular weight is 455 g/mol. The fraction of sp³-hybridized carbons (Fsp3) is 0.321. The second-order valence-electron chi connectivity index (χ2n) is 9.46. The highest BCUT2D eigenvalue weighted by molar-refractivity contribution is 5.82. The number of aromatic nitrogens is 2. The summed E-state index contributed by atoms with van der Waals surface area (Å²) in [4.78, 5) is 21.3. The van der Waals surface area contributed by atoms with Crippen LogP contribution in [0.4, 0.5) is 17.5 Å². The molecule has 1 atom stereocenters. The van der Waals surface area contributed by atoms with E-state index in [0.29, 0.717) is 24.8 Å². The molecule has 2 aliphatic rings. The van der Waals surface area contributed by atoms with Gasteiger partial charge in [0.25, 0.3) is 0 Å². The summed E-state index contributed by atoms with van der Waals surface area (Å²) in [6.07, 6.45) is 6.64. The predicted molar refractivity (Wildman–Crippen MR) is 135 cm³/mol. The maximum Gasteiger partial charge on any atom is 0.314 e. The van der Waals surface area contributed by atoms with Crippen LogP contribution in [0.3, 0.4) is 0 Å². The zero-order valence-corrected chi connectivity index (χ0v) is 19.3. The zero-order chi connectivity index (χ0) is 23.5. The minimum atomic E-state index is -0.737. The molecule has 0 bridgehead atoms. The van der Waals surface area contributed by atoms with Crippen LogP contribution in [0.5, 0.6) is 0 Å². The molecular formula is C28H30N4O2. The smallest absolute Gasteiger partial charge is 0.314 e. The Morgan fingerprint density at radius 3 is 2.44 bits per heavy atom. The van der Waals surface area contributed by atoms with Crippen LogP contribution in [0.2, 0.25) is 0 Å². The van der Waals surface area contributed by atoms with Crippen LogP contribution < -0.4 is 10.6 Å². The zero-order valence-electron chi connectivity index (χ0n) is 19.3. The lowest BCUT2D eigenvalue weighted by atomic mass is 9.64. The number of carboxylic acids is 1. The van der Waals surface area contributed by atoms with Gasteiger partial charge in [-0.15, -0.1) is 0 Å². The SMILES string of the molecule is C=C1CCCC(Nc2cc(-c3ccccc3)nc(Nc3ccc(C4(C(=O)O)CCC4)cc3)n2)C1. The summed E-state index contributed by atoms with van der Waals surface area (Å²) in [7, 11) is 0. The third-order valence-corrected chi connectivity index (χ3v) is 7.08. The van der Waals surface area contributed by atoms with Gasteiger partial charge in [0, 0.05) is 23.4 Å². The molecule has 0 spiro atoms. The van der Waals surface area contributed by atoms with Gasteiger partial charge < -0.3 is 15.7 Å². The Kier molecular flexibility index (Phi) is 6.05. The summed E-state index contributed by atoms with van der Waals surface area (Å²) in [5, 5.41) is 16.6. The molecule has 0 radical (unpaired) electrons. The Balaban J connectivity index is 1.41. The van der Waals surface area contributed by atoms with Crippen LogP contribution in [-0.4, -0.2) is 27.1 Å². The van der Waals surface area contributed by atoms with E-state index in [1.54, 1.807) is 0 Å². The van der Waals surface area contributed by atoms with Crippen molar-refractivity contribution < 1.29 is 9.90 Å². The molecule has 0 amide bonds. The number of benzene rings is 2. The summed E-state index contributed by atoms with van der Waals surface area (Å²) in [6.45, 7) is 4.17. The second-order valence-corrected chi connectivity index (χ2v) is 9.46. The second kappa shape index (κ2) is 9.29. The maximum atomic E-state index is 11.8. The van der Waals surface area contributed by atoms with E-state index in [2.05, 4.69) is 17.2 Å². The number of hydrogen-bond acceptors (Lipinski definition) is 5. The van der Waals surface area contributed by atoms with Gasteiger partial charge in [-0.3, -0.25) is 4.79 Å². The normalized spacial score (nSPS) is 19.2. The quantitative estimate of drug-likeness (QED) is 0.363. The summed E-state index contributed by atoms with van der Waals surface area (Å²) in [6, 6.07) is 20.0. The van der Waals surface area contributed by atoms with Crippen LogP contribution in [0, 0.1) is 0 Å². The monoisotopic (exact) mass is 454 g/mol. The molecule has 6 nitrogen and oxygen atoms in total. The Labute approximate surface area is 200 Å². The molecule has 0 saturated heterocycles. The number of rotatable bonds is 7. The van der Waals surface area contributed by atoms with E-state index in [1.165, 1.54) is 5.57 Å². The topological polar surface area (TPSA) is 87.1 Å². The van der Waals surface area contributed by atoms with Gasteiger partial charge >= 0.3 is 5.97 Å². The standard InChI is InChI=1S/C28H30N4O2/c1-19-7-5-10-23(17-19)29-25-18-24(20-8-3-2-4-9-20)31-27(32-25)30-22-13-11-21(12-14-22)28(26(33)34)15-6-16-28/h2-4,8-9,11-14,18,23H,1,5-7,10,15-17H2,(H,33,34)(H2,29,30,31,32). The maximum absolute atomic E-state index is 11.8. The predicted octanol–water partition coefficient (Wildman–Crippen LogP) is 6.30. The highest BCUT2D eigenvalue weighted by atomic mass is 16.4. The third kappa shape index (κ3) is 4.53. The van der Waals surface area contributed by atoms with E-state index in [1.807, 2.05) is 60.7 Å². The van der Waals surface area contributed by atoms with Gasteiger partial charge in [-0.25, -0.2) is 4.98 Å². The first-order valence-electron chi connectivity index (χ1n) is 12.0.